The fourth-order valence-corrected chi connectivity index (χ4v) is 4.62. The van der Waals surface area contributed by atoms with Crippen molar-refractivity contribution in [3.8, 4) is 0 Å². The van der Waals surface area contributed by atoms with Gasteiger partial charge in [0.05, 0.1) is 5.56 Å². The second kappa shape index (κ2) is 7.27. The number of nitrogens with one attached hydrogen (secondary N) is 1. The van der Waals surface area contributed by atoms with E-state index in [1.54, 1.807) is 34.1 Å². The SMILES string of the molecule is CC(C)CN1C(=O)N(C)C(=O)C12CCN(C(=O)c1c[nH]c(=O)c3ccccc13)CC2. The zero-order chi connectivity index (χ0) is 21.6. The van der Waals surface area contributed by atoms with Crippen molar-refractivity contribution in [3.63, 3.8) is 0 Å². The summed E-state index contributed by atoms with van der Waals surface area (Å²) in [7, 11) is 1.52. The van der Waals surface area contributed by atoms with Crippen molar-refractivity contribution in [3.05, 3.63) is 46.4 Å². The van der Waals surface area contributed by atoms with Crippen molar-refractivity contribution in [2.24, 2.45) is 5.92 Å². The van der Waals surface area contributed by atoms with Gasteiger partial charge in [-0.3, -0.25) is 19.3 Å². The number of rotatable bonds is 3. The van der Waals surface area contributed by atoms with E-state index in [1.807, 2.05) is 13.8 Å². The average molecular weight is 410 g/mol. The molecule has 30 heavy (non-hydrogen) atoms. The van der Waals surface area contributed by atoms with Gasteiger partial charge in [-0.2, -0.15) is 0 Å². The first-order chi connectivity index (χ1) is 14.3. The Morgan fingerprint density at radius 3 is 2.37 bits per heavy atom. The fraction of sp³-hybridized carbons (Fsp3) is 0.455. The minimum atomic E-state index is -0.875. The lowest BCUT2D eigenvalue weighted by molar-refractivity contribution is -0.134. The van der Waals surface area contributed by atoms with Gasteiger partial charge in [-0.1, -0.05) is 32.0 Å². The molecule has 1 N–H and O–H groups in total. The molecule has 3 heterocycles. The van der Waals surface area contributed by atoms with Crippen LogP contribution in [0.25, 0.3) is 10.8 Å². The molecule has 1 spiro atoms. The van der Waals surface area contributed by atoms with Gasteiger partial charge in [0.15, 0.2) is 0 Å². The third-order valence-electron chi connectivity index (χ3n) is 6.20. The van der Waals surface area contributed by atoms with Gasteiger partial charge < -0.3 is 14.8 Å². The molecule has 0 bridgehead atoms. The molecule has 8 nitrogen and oxygen atoms in total. The molecule has 8 heteroatoms. The van der Waals surface area contributed by atoms with E-state index in [9.17, 15) is 19.2 Å². The minimum absolute atomic E-state index is 0.183. The highest BCUT2D eigenvalue weighted by Gasteiger charge is 2.57. The summed E-state index contributed by atoms with van der Waals surface area (Å²) in [6, 6.07) is 6.76. The van der Waals surface area contributed by atoms with Crippen molar-refractivity contribution >= 4 is 28.6 Å². The van der Waals surface area contributed by atoms with Crippen LogP contribution in [0.15, 0.2) is 35.3 Å². The van der Waals surface area contributed by atoms with Crippen LogP contribution in [0.5, 0.6) is 0 Å². The summed E-state index contributed by atoms with van der Waals surface area (Å²) < 4.78 is 0. The van der Waals surface area contributed by atoms with Gasteiger partial charge in [0.25, 0.3) is 17.4 Å². The molecule has 0 aliphatic carbocycles. The number of carbonyl (C=O) groups is 3. The standard InChI is InChI=1S/C22H26N4O4/c1-14(2)13-26-21(30)24(3)20(29)22(26)8-10-25(11-9-22)19(28)17-12-23-18(27)16-7-5-4-6-15(16)17/h4-7,12,14H,8-11,13H2,1-3H3,(H,23,27). The Labute approximate surface area is 174 Å². The molecule has 0 unspecified atom stereocenters. The Bertz CT molecular complexity index is 1080. The zero-order valence-electron chi connectivity index (χ0n) is 17.5. The number of aromatic nitrogens is 1. The maximum Gasteiger partial charge on any atom is 0.327 e. The number of imide groups is 1. The Morgan fingerprint density at radius 1 is 1.10 bits per heavy atom. The molecule has 4 rings (SSSR count). The van der Waals surface area contributed by atoms with Crippen molar-refractivity contribution in [1.29, 1.82) is 0 Å². The monoisotopic (exact) mass is 410 g/mol. The van der Waals surface area contributed by atoms with E-state index in [4.69, 9.17) is 0 Å². The number of nitrogens with zero attached hydrogens (tertiary/aromatic N) is 3. The summed E-state index contributed by atoms with van der Waals surface area (Å²) in [5.74, 6) is -0.134. The van der Waals surface area contributed by atoms with E-state index < -0.39 is 5.54 Å². The zero-order valence-corrected chi connectivity index (χ0v) is 17.5. The van der Waals surface area contributed by atoms with Crippen molar-refractivity contribution in [2.45, 2.75) is 32.2 Å². The van der Waals surface area contributed by atoms with Crippen molar-refractivity contribution < 1.29 is 14.4 Å². The molecule has 2 aliphatic heterocycles. The third kappa shape index (κ3) is 2.98. The first kappa shape index (κ1) is 20.1. The van der Waals surface area contributed by atoms with E-state index in [1.165, 1.54) is 18.1 Å². The van der Waals surface area contributed by atoms with Gasteiger partial charge in [-0.15, -0.1) is 0 Å². The average Bonchev–Trinajstić information content (AvgIpc) is 2.90. The van der Waals surface area contributed by atoms with E-state index >= 15 is 0 Å². The Hall–Kier alpha value is -3.16. The number of urea groups is 1. The molecular formula is C22H26N4O4. The first-order valence-electron chi connectivity index (χ1n) is 10.3. The van der Waals surface area contributed by atoms with Crippen LogP contribution >= 0.6 is 0 Å². The van der Waals surface area contributed by atoms with Crippen LogP contribution in [0.4, 0.5) is 4.79 Å². The van der Waals surface area contributed by atoms with Crippen LogP contribution < -0.4 is 5.56 Å². The lowest BCUT2D eigenvalue weighted by atomic mass is 9.85. The summed E-state index contributed by atoms with van der Waals surface area (Å²) >= 11 is 0. The number of fused-ring (bicyclic) bond motifs is 1. The fourth-order valence-electron chi connectivity index (χ4n) is 4.62. The molecular weight excluding hydrogens is 384 g/mol. The smallest absolute Gasteiger partial charge is 0.327 e. The molecule has 0 atom stereocenters. The van der Waals surface area contributed by atoms with E-state index in [2.05, 4.69) is 4.98 Å². The maximum absolute atomic E-state index is 13.2. The number of likely N-dealkylation sites (tertiary alicyclic amines) is 1. The molecule has 2 saturated heterocycles. The van der Waals surface area contributed by atoms with Crippen molar-refractivity contribution in [2.75, 3.05) is 26.7 Å². The van der Waals surface area contributed by atoms with Gasteiger partial charge in [0.1, 0.15) is 5.54 Å². The lowest BCUT2D eigenvalue weighted by Crippen LogP contribution is -2.58. The number of H-pyrrole nitrogens is 1. The number of aromatic amines is 1. The quantitative estimate of drug-likeness (QED) is 0.784. The summed E-state index contributed by atoms with van der Waals surface area (Å²) in [4.78, 5) is 58.1. The van der Waals surface area contributed by atoms with E-state index in [0.29, 0.717) is 48.8 Å². The highest BCUT2D eigenvalue weighted by atomic mass is 16.2. The highest BCUT2D eigenvalue weighted by molar-refractivity contribution is 6.08. The Morgan fingerprint density at radius 2 is 1.73 bits per heavy atom. The second-order valence-corrected chi connectivity index (χ2v) is 8.55. The van der Waals surface area contributed by atoms with Gasteiger partial charge in [-0.05, 0) is 24.8 Å². The van der Waals surface area contributed by atoms with Crippen LogP contribution in [-0.2, 0) is 4.79 Å². The molecule has 0 saturated carbocycles. The molecule has 1 aromatic carbocycles. The predicted molar refractivity (Wildman–Crippen MR) is 112 cm³/mol. The van der Waals surface area contributed by atoms with E-state index in [0.717, 1.165) is 0 Å². The largest absolute Gasteiger partial charge is 0.338 e. The number of piperidine rings is 1. The lowest BCUT2D eigenvalue weighted by Gasteiger charge is -2.42. The number of likely N-dealkylation sites (N-methyl/N-ethyl adjacent to an activating group) is 1. The molecule has 0 radical (unpaired) electrons. The van der Waals surface area contributed by atoms with Crippen LogP contribution in [0.1, 0.15) is 37.0 Å². The van der Waals surface area contributed by atoms with Crippen LogP contribution in [0.3, 0.4) is 0 Å². The number of hydrogen-bond donors (Lipinski definition) is 1. The third-order valence-corrected chi connectivity index (χ3v) is 6.20. The van der Waals surface area contributed by atoms with Crippen molar-refractivity contribution in [1.82, 2.24) is 19.7 Å². The number of benzene rings is 1. The normalized spacial score (nSPS) is 18.9. The number of hydrogen-bond acceptors (Lipinski definition) is 4. The Kier molecular flexibility index (Phi) is 4.88. The van der Waals surface area contributed by atoms with Crippen LogP contribution in [0, 0.1) is 5.92 Å². The summed E-state index contributed by atoms with van der Waals surface area (Å²) in [6.07, 6.45) is 2.27. The maximum atomic E-state index is 13.2. The minimum Gasteiger partial charge on any atom is -0.338 e. The van der Waals surface area contributed by atoms with Crippen LogP contribution in [0.2, 0.25) is 0 Å². The number of carbonyl (C=O) groups excluding carboxylic acids is 3. The summed E-state index contributed by atoms with van der Waals surface area (Å²) in [5.41, 5.74) is -0.673. The second-order valence-electron chi connectivity index (χ2n) is 8.55. The summed E-state index contributed by atoms with van der Waals surface area (Å²) in [5, 5.41) is 1.08. The molecule has 2 aromatic rings. The predicted octanol–water partition coefficient (Wildman–Crippen LogP) is 2.05. The van der Waals surface area contributed by atoms with Gasteiger partial charge in [0.2, 0.25) is 0 Å². The molecule has 1 aromatic heterocycles. The van der Waals surface area contributed by atoms with Crippen LogP contribution in [-0.4, -0.2) is 69.8 Å². The molecule has 2 aliphatic rings. The van der Waals surface area contributed by atoms with Gasteiger partial charge in [0, 0.05) is 43.7 Å². The number of pyridine rings is 1. The summed E-state index contributed by atoms with van der Waals surface area (Å²) in [6.45, 7) is 5.28. The van der Waals surface area contributed by atoms with E-state index in [-0.39, 0.29) is 29.3 Å². The van der Waals surface area contributed by atoms with Gasteiger partial charge in [-0.25, -0.2) is 4.79 Å². The first-order valence-corrected chi connectivity index (χ1v) is 10.3. The number of amides is 4. The highest BCUT2D eigenvalue weighted by Crippen LogP contribution is 2.37. The molecule has 4 amide bonds. The Balaban J connectivity index is 1.60. The molecule has 158 valence electrons. The topological polar surface area (TPSA) is 93.8 Å². The molecule has 2 fully saturated rings. The van der Waals surface area contributed by atoms with Gasteiger partial charge >= 0.3 is 6.03 Å².